The van der Waals surface area contributed by atoms with Crippen LogP contribution >= 0.6 is 0 Å². The summed E-state index contributed by atoms with van der Waals surface area (Å²) in [7, 11) is 0.00579. The molecule has 0 aromatic rings. The maximum atomic E-state index is 5.76. The predicted molar refractivity (Wildman–Crippen MR) is 60.6 cm³/mol. The SMILES string of the molecule is C=C(O[Si](C)(C)C)C(C)(C)OCOC. The molecule has 3 nitrogen and oxygen atoms in total. The number of hydrogen-bond acceptors (Lipinski definition) is 3. The Balaban J connectivity index is 4.21. The molecule has 0 amide bonds. The van der Waals surface area contributed by atoms with Crippen molar-refractivity contribution in [2.45, 2.75) is 39.1 Å². The largest absolute Gasteiger partial charge is 0.546 e. The van der Waals surface area contributed by atoms with Crippen molar-refractivity contribution in [2.75, 3.05) is 13.9 Å². The lowest BCUT2D eigenvalue weighted by molar-refractivity contribution is -0.108. The third kappa shape index (κ3) is 5.42. The standard InChI is InChI=1S/C10H22O3Si/c1-9(13-14(5,6)7)10(2,3)12-8-11-4/h1,8H2,2-7H3. The van der Waals surface area contributed by atoms with Gasteiger partial charge in [0, 0.05) is 7.11 Å². The highest BCUT2D eigenvalue weighted by Gasteiger charge is 2.28. The Hall–Kier alpha value is -0.323. The zero-order chi connectivity index (χ0) is 11.4. The molecule has 0 unspecified atom stereocenters. The van der Waals surface area contributed by atoms with Crippen LogP contribution in [0.1, 0.15) is 13.8 Å². The Labute approximate surface area is 88.2 Å². The van der Waals surface area contributed by atoms with E-state index in [4.69, 9.17) is 13.9 Å². The summed E-state index contributed by atoms with van der Waals surface area (Å²) in [4.78, 5) is 0. The van der Waals surface area contributed by atoms with Crippen molar-refractivity contribution in [3.8, 4) is 0 Å². The first-order valence-corrected chi connectivity index (χ1v) is 8.11. The van der Waals surface area contributed by atoms with Crippen LogP contribution in [0, 0.1) is 0 Å². The fourth-order valence-corrected chi connectivity index (χ4v) is 1.76. The van der Waals surface area contributed by atoms with Gasteiger partial charge in [0.05, 0.1) is 0 Å². The average Bonchev–Trinajstić information content (AvgIpc) is 1.97. The number of methoxy groups -OCH3 is 1. The molecule has 0 aliphatic rings. The molecule has 0 spiro atoms. The molecule has 0 N–H and O–H groups in total. The zero-order valence-corrected chi connectivity index (χ0v) is 11.1. The first-order valence-electron chi connectivity index (χ1n) is 4.70. The molecule has 84 valence electrons. The molecule has 14 heavy (non-hydrogen) atoms. The van der Waals surface area contributed by atoms with Crippen molar-refractivity contribution >= 4 is 8.32 Å². The predicted octanol–water partition coefficient (Wildman–Crippen LogP) is 2.75. The molecule has 0 atom stereocenters. The van der Waals surface area contributed by atoms with E-state index in [0.717, 1.165) is 0 Å². The molecule has 0 fully saturated rings. The van der Waals surface area contributed by atoms with Gasteiger partial charge in [-0.1, -0.05) is 6.58 Å². The van der Waals surface area contributed by atoms with Gasteiger partial charge in [-0.15, -0.1) is 0 Å². The molecule has 0 aromatic heterocycles. The van der Waals surface area contributed by atoms with Crippen LogP contribution in [-0.4, -0.2) is 27.8 Å². The van der Waals surface area contributed by atoms with E-state index in [0.29, 0.717) is 5.76 Å². The summed E-state index contributed by atoms with van der Waals surface area (Å²) in [6, 6.07) is 0. The van der Waals surface area contributed by atoms with Gasteiger partial charge >= 0.3 is 0 Å². The Kier molecular flexibility index (Phi) is 4.84. The number of rotatable bonds is 6. The third-order valence-electron chi connectivity index (χ3n) is 1.64. The first-order chi connectivity index (χ1) is 6.19. The summed E-state index contributed by atoms with van der Waals surface area (Å²) in [5.74, 6) is 0.675. The van der Waals surface area contributed by atoms with Gasteiger partial charge in [0.25, 0.3) is 0 Å². The molecule has 0 saturated carbocycles. The van der Waals surface area contributed by atoms with Crippen LogP contribution in [0.3, 0.4) is 0 Å². The molecule has 0 aromatic carbocycles. The average molecular weight is 218 g/mol. The van der Waals surface area contributed by atoms with Gasteiger partial charge in [-0.2, -0.15) is 0 Å². The molecular weight excluding hydrogens is 196 g/mol. The normalized spacial score (nSPS) is 12.7. The topological polar surface area (TPSA) is 27.7 Å². The lowest BCUT2D eigenvalue weighted by Gasteiger charge is -2.32. The zero-order valence-electron chi connectivity index (χ0n) is 10.1. The maximum Gasteiger partial charge on any atom is 0.241 e. The molecule has 4 heteroatoms. The number of hydrogen-bond donors (Lipinski definition) is 0. The van der Waals surface area contributed by atoms with Crippen molar-refractivity contribution in [3.63, 3.8) is 0 Å². The Morgan fingerprint density at radius 2 is 1.79 bits per heavy atom. The van der Waals surface area contributed by atoms with Crippen molar-refractivity contribution in [1.29, 1.82) is 0 Å². The summed E-state index contributed by atoms with van der Waals surface area (Å²) in [5.41, 5.74) is -0.490. The monoisotopic (exact) mass is 218 g/mol. The summed E-state index contributed by atoms with van der Waals surface area (Å²) in [5, 5.41) is 0. The molecule has 0 aliphatic carbocycles. The number of ether oxygens (including phenoxy) is 2. The van der Waals surface area contributed by atoms with Gasteiger partial charge in [-0.25, -0.2) is 0 Å². The third-order valence-corrected chi connectivity index (χ3v) is 2.50. The molecule has 0 aliphatic heterocycles. The minimum atomic E-state index is -1.59. The van der Waals surface area contributed by atoms with E-state index in [2.05, 4.69) is 26.2 Å². The second kappa shape index (κ2) is 4.96. The summed E-state index contributed by atoms with van der Waals surface area (Å²) >= 11 is 0. The van der Waals surface area contributed by atoms with Crippen molar-refractivity contribution < 1.29 is 13.9 Å². The smallest absolute Gasteiger partial charge is 0.241 e. The fraction of sp³-hybridized carbons (Fsp3) is 0.800. The molecule has 0 bridgehead atoms. The highest BCUT2D eigenvalue weighted by molar-refractivity contribution is 6.70. The molecule has 0 radical (unpaired) electrons. The van der Waals surface area contributed by atoms with Crippen molar-refractivity contribution in [3.05, 3.63) is 12.3 Å². The Bertz CT molecular complexity index is 194. The minimum Gasteiger partial charge on any atom is -0.546 e. The molecule has 0 rings (SSSR count). The maximum absolute atomic E-state index is 5.76. The second-order valence-corrected chi connectivity index (χ2v) is 9.13. The lowest BCUT2D eigenvalue weighted by atomic mass is 10.1. The van der Waals surface area contributed by atoms with E-state index in [9.17, 15) is 0 Å². The van der Waals surface area contributed by atoms with Crippen LogP contribution < -0.4 is 0 Å². The van der Waals surface area contributed by atoms with E-state index in [-0.39, 0.29) is 6.79 Å². The van der Waals surface area contributed by atoms with Gasteiger partial charge in [-0.05, 0) is 33.5 Å². The van der Waals surface area contributed by atoms with Crippen molar-refractivity contribution in [2.24, 2.45) is 0 Å². The van der Waals surface area contributed by atoms with Crippen LogP contribution in [0.15, 0.2) is 12.3 Å². The summed E-state index contributed by atoms with van der Waals surface area (Å²) < 4.78 is 16.1. The van der Waals surface area contributed by atoms with Gasteiger partial charge in [0.2, 0.25) is 8.32 Å². The van der Waals surface area contributed by atoms with E-state index in [1.165, 1.54) is 0 Å². The highest BCUT2D eigenvalue weighted by atomic mass is 28.4. The quantitative estimate of drug-likeness (QED) is 0.390. The van der Waals surface area contributed by atoms with Gasteiger partial charge in [-0.3, -0.25) is 0 Å². The van der Waals surface area contributed by atoms with Crippen LogP contribution in [0.4, 0.5) is 0 Å². The molecule has 0 heterocycles. The van der Waals surface area contributed by atoms with E-state index in [1.807, 2.05) is 13.8 Å². The highest BCUT2D eigenvalue weighted by Crippen LogP contribution is 2.23. The summed E-state index contributed by atoms with van der Waals surface area (Å²) in [6.45, 7) is 14.3. The Morgan fingerprint density at radius 1 is 1.29 bits per heavy atom. The molecular formula is C10H22O3Si. The first kappa shape index (κ1) is 13.7. The van der Waals surface area contributed by atoms with E-state index < -0.39 is 13.9 Å². The lowest BCUT2D eigenvalue weighted by Crippen LogP contribution is -2.35. The van der Waals surface area contributed by atoms with Gasteiger partial charge < -0.3 is 13.9 Å². The van der Waals surface area contributed by atoms with Crippen LogP contribution in [-0.2, 0) is 13.9 Å². The second-order valence-electron chi connectivity index (χ2n) is 4.70. The minimum absolute atomic E-state index is 0.251. The van der Waals surface area contributed by atoms with Gasteiger partial charge in [0.1, 0.15) is 18.2 Å². The fourth-order valence-electron chi connectivity index (χ4n) is 0.779. The summed E-state index contributed by atoms with van der Waals surface area (Å²) in [6.07, 6.45) is 0. The Morgan fingerprint density at radius 3 is 2.14 bits per heavy atom. The van der Waals surface area contributed by atoms with Crippen LogP contribution in [0.2, 0.25) is 19.6 Å². The van der Waals surface area contributed by atoms with Crippen LogP contribution in [0.25, 0.3) is 0 Å². The molecule has 0 saturated heterocycles. The van der Waals surface area contributed by atoms with E-state index in [1.54, 1.807) is 7.11 Å². The van der Waals surface area contributed by atoms with Gasteiger partial charge in [0.15, 0.2) is 0 Å². The van der Waals surface area contributed by atoms with E-state index >= 15 is 0 Å². The van der Waals surface area contributed by atoms with Crippen LogP contribution in [0.5, 0.6) is 0 Å². The van der Waals surface area contributed by atoms with Crippen molar-refractivity contribution in [1.82, 2.24) is 0 Å².